The smallest absolute Gasteiger partial charge is 0.246 e. The van der Waals surface area contributed by atoms with E-state index in [1.54, 1.807) is 7.11 Å². The largest absolute Gasteiger partial charge is 0.497 e. The van der Waals surface area contributed by atoms with E-state index >= 15 is 0 Å². The van der Waals surface area contributed by atoms with Crippen molar-refractivity contribution in [1.29, 1.82) is 0 Å². The van der Waals surface area contributed by atoms with Crippen LogP contribution in [0.5, 0.6) is 5.75 Å². The Morgan fingerprint density at radius 3 is 2.89 bits per heavy atom. The molecule has 98 valence electrons. The number of likely N-dealkylation sites (N-methyl/N-ethyl adjacent to an activating group) is 1. The van der Waals surface area contributed by atoms with E-state index in [0.717, 1.165) is 30.1 Å². The minimum absolute atomic E-state index is 0.00277. The lowest BCUT2D eigenvalue weighted by Gasteiger charge is -2.14. The predicted octanol–water partition coefficient (Wildman–Crippen LogP) is 0.840. The highest BCUT2D eigenvalue weighted by molar-refractivity contribution is 6.02. The zero-order valence-corrected chi connectivity index (χ0v) is 11.0. The van der Waals surface area contributed by atoms with E-state index in [2.05, 4.69) is 15.5 Å². The highest BCUT2D eigenvalue weighted by atomic mass is 16.5. The van der Waals surface area contributed by atoms with Gasteiger partial charge in [0.15, 0.2) is 0 Å². The maximum Gasteiger partial charge on any atom is 0.246 e. The van der Waals surface area contributed by atoms with Gasteiger partial charge in [-0.15, -0.1) is 0 Å². The lowest BCUT2D eigenvalue weighted by Crippen LogP contribution is -2.33. The number of hydrogen-bond acceptors (Lipinski definition) is 4. The van der Waals surface area contributed by atoms with Crippen LogP contribution in [0.4, 0.5) is 5.69 Å². The van der Waals surface area contributed by atoms with Gasteiger partial charge >= 0.3 is 0 Å². The highest BCUT2D eigenvalue weighted by Crippen LogP contribution is 2.33. The molecule has 0 saturated carbocycles. The van der Waals surface area contributed by atoms with Crippen molar-refractivity contribution in [1.82, 2.24) is 10.2 Å². The highest BCUT2D eigenvalue weighted by Gasteiger charge is 2.30. The molecule has 2 N–H and O–H groups in total. The topological polar surface area (TPSA) is 53.6 Å². The molecule has 0 radical (unpaired) electrons. The third-order valence-electron chi connectivity index (χ3n) is 3.00. The third-order valence-corrected chi connectivity index (χ3v) is 3.00. The number of fused-ring (bicyclic) bond motifs is 1. The number of methoxy groups -OCH3 is 1. The van der Waals surface area contributed by atoms with Crippen LogP contribution in [0.2, 0.25) is 0 Å². The molecule has 0 fully saturated rings. The van der Waals surface area contributed by atoms with Crippen LogP contribution < -0.4 is 15.4 Å². The summed E-state index contributed by atoms with van der Waals surface area (Å²) in [6, 6.07) is 5.34. The van der Waals surface area contributed by atoms with Crippen LogP contribution in [0.15, 0.2) is 18.2 Å². The molecule has 1 amide bonds. The molecule has 5 nitrogen and oxygen atoms in total. The van der Waals surface area contributed by atoms with Crippen molar-refractivity contribution in [2.24, 2.45) is 0 Å². The number of rotatable bonds is 5. The minimum atomic E-state index is -0.282. The molecule has 1 aliphatic rings. The predicted molar refractivity (Wildman–Crippen MR) is 70.9 cm³/mol. The summed E-state index contributed by atoms with van der Waals surface area (Å²) in [6.07, 6.45) is 0. The van der Waals surface area contributed by atoms with Gasteiger partial charge in [0.1, 0.15) is 11.8 Å². The summed E-state index contributed by atoms with van der Waals surface area (Å²) >= 11 is 0. The number of amides is 1. The summed E-state index contributed by atoms with van der Waals surface area (Å²) in [5, 5.41) is 6.13. The van der Waals surface area contributed by atoms with Crippen LogP contribution in [0, 0.1) is 0 Å². The average molecular weight is 249 g/mol. The van der Waals surface area contributed by atoms with E-state index in [-0.39, 0.29) is 11.9 Å². The molecule has 0 aromatic heterocycles. The Labute approximate surface area is 107 Å². The van der Waals surface area contributed by atoms with E-state index in [1.807, 2.05) is 32.3 Å². The van der Waals surface area contributed by atoms with Crippen LogP contribution in [0.25, 0.3) is 0 Å². The van der Waals surface area contributed by atoms with Crippen molar-refractivity contribution >= 4 is 11.6 Å². The second-order valence-corrected chi connectivity index (χ2v) is 4.63. The second-order valence-electron chi connectivity index (χ2n) is 4.63. The first-order valence-electron chi connectivity index (χ1n) is 5.98. The molecule has 18 heavy (non-hydrogen) atoms. The summed E-state index contributed by atoms with van der Waals surface area (Å²) in [5.74, 6) is 0.765. The number of ether oxygens (including phenoxy) is 1. The van der Waals surface area contributed by atoms with Gasteiger partial charge in [-0.1, -0.05) is 0 Å². The number of hydrogen-bond donors (Lipinski definition) is 2. The van der Waals surface area contributed by atoms with Crippen molar-refractivity contribution in [3.63, 3.8) is 0 Å². The fourth-order valence-electron chi connectivity index (χ4n) is 2.00. The summed E-state index contributed by atoms with van der Waals surface area (Å²) in [5.41, 5.74) is 1.82. The molecule has 1 aliphatic heterocycles. The zero-order valence-electron chi connectivity index (χ0n) is 11.0. The van der Waals surface area contributed by atoms with Crippen LogP contribution in [-0.4, -0.2) is 45.1 Å². The molecule has 0 spiro atoms. The standard InChI is InChI=1S/C13H19N3O2/c1-16(2)7-6-14-12-10-8-9(18-3)4-5-11(10)15-13(12)17/h4-5,8,12,14H,6-7H2,1-3H3,(H,15,17). The van der Waals surface area contributed by atoms with E-state index in [1.165, 1.54) is 0 Å². The van der Waals surface area contributed by atoms with Gasteiger partial charge in [0.2, 0.25) is 5.91 Å². The monoisotopic (exact) mass is 249 g/mol. The number of carbonyl (C=O) groups excluding carboxylic acids is 1. The van der Waals surface area contributed by atoms with Gasteiger partial charge in [-0.25, -0.2) is 0 Å². The summed E-state index contributed by atoms with van der Waals surface area (Å²) in [7, 11) is 5.64. The van der Waals surface area contributed by atoms with Gasteiger partial charge in [0.25, 0.3) is 0 Å². The van der Waals surface area contributed by atoms with E-state index in [0.29, 0.717) is 0 Å². The molecule has 1 aromatic rings. The first-order chi connectivity index (χ1) is 8.61. The van der Waals surface area contributed by atoms with Gasteiger partial charge in [0, 0.05) is 24.3 Å². The molecular formula is C13H19N3O2. The lowest BCUT2D eigenvalue weighted by atomic mass is 10.1. The van der Waals surface area contributed by atoms with Crippen LogP contribution in [-0.2, 0) is 4.79 Å². The van der Waals surface area contributed by atoms with Crippen molar-refractivity contribution in [3.05, 3.63) is 23.8 Å². The normalized spacial score (nSPS) is 17.8. The number of nitrogens with zero attached hydrogens (tertiary/aromatic N) is 1. The second kappa shape index (κ2) is 5.37. The van der Waals surface area contributed by atoms with Gasteiger partial charge < -0.3 is 20.3 Å². The molecule has 0 saturated heterocycles. The molecule has 0 aliphatic carbocycles. The van der Waals surface area contributed by atoms with Crippen LogP contribution in [0.3, 0.4) is 0 Å². The van der Waals surface area contributed by atoms with Gasteiger partial charge in [-0.05, 0) is 32.3 Å². The van der Waals surface area contributed by atoms with Crippen molar-refractivity contribution in [2.75, 3.05) is 39.6 Å². The SMILES string of the molecule is COc1ccc2c(c1)C(NCCN(C)C)C(=O)N2. The van der Waals surface area contributed by atoms with Gasteiger partial charge in [-0.3, -0.25) is 4.79 Å². The quantitative estimate of drug-likeness (QED) is 0.812. The number of carbonyl (C=O) groups is 1. The van der Waals surface area contributed by atoms with Gasteiger partial charge in [-0.2, -0.15) is 0 Å². The summed E-state index contributed by atoms with van der Waals surface area (Å²) in [6.45, 7) is 1.66. The molecule has 2 rings (SSSR count). The maximum absolute atomic E-state index is 11.9. The van der Waals surface area contributed by atoms with Crippen molar-refractivity contribution < 1.29 is 9.53 Å². The lowest BCUT2D eigenvalue weighted by molar-refractivity contribution is -0.117. The molecule has 0 bridgehead atoms. The average Bonchev–Trinajstić information content (AvgIpc) is 2.64. The zero-order chi connectivity index (χ0) is 13.1. The molecule has 5 heteroatoms. The van der Waals surface area contributed by atoms with Crippen molar-refractivity contribution in [2.45, 2.75) is 6.04 Å². The fraction of sp³-hybridized carbons (Fsp3) is 0.462. The third kappa shape index (κ3) is 2.63. The molecular weight excluding hydrogens is 230 g/mol. The summed E-state index contributed by atoms with van der Waals surface area (Å²) < 4.78 is 5.19. The van der Waals surface area contributed by atoms with E-state index in [4.69, 9.17) is 4.74 Å². The van der Waals surface area contributed by atoms with Crippen LogP contribution >= 0.6 is 0 Å². The molecule has 1 heterocycles. The number of anilines is 1. The minimum Gasteiger partial charge on any atom is -0.497 e. The molecule has 1 aromatic carbocycles. The Balaban J connectivity index is 2.10. The Kier molecular flexibility index (Phi) is 3.84. The van der Waals surface area contributed by atoms with Crippen molar-refractivity contribution in [3.8, 4) is 5.75 Å². The van der Waals surface area contributed by atoms with E-state index in [9.17, 15) is 4.79 Å². The Morgan fingerprint density at radius 1 is 1.44 bits per heavy atom. The summed E-state index contributed by atoms with van der Waals surface area (Å²) in [4.78, 5) is 14.0. The molecule has 1 unspecified atom stereocenters. The Bertz CT molecular complexity index is 446. The maximum atomic E-state index is 11.9. The van der Waals surface area contributed by atoms with Gasteiger partial charge in [0.05, 0.1) is 7.11 Å². The number of nitrogens with one attached hydrogen (secondary N) is 2. The van der Waals surface area contributed by atoms with Crippen LogP contribution in [0.1, 0.15) is 11.6 Å². The Morgan fingerprint density at radius 2 is 2.22 bits per heavy atom. The first kappa shape index (κ1) is 12.9. The fourth-order valence-corrected chi connectivity index (χ4v) is 2.00. The number of benzene rings is 1. The van der Waals surface area contributed by atoms with E-state index < -0.39 is 0 Å². The first-order valence-corrected chi connectivity index (χ1v) is 5.98. The Hall–Kier alpha value is -1.59. The molecule has 1 atom stereocenters.